The van der Waals surface area contributed by atoms with Crippen LogP contribution in [0.2, 0.25) is 0 Å². The van der Waals surface area contributed by atoms with Gasteiger partial charge in [0.15, 0.2) is 9.84 Å². The van der Waals surface area contributed by atoms with E-state index in [1.807, 2.05) is 0 Å². The van der Waals surface area contributed by atoms with Crippen molar-refractivity contribution in [1.82, 2.24) is 10.2 Å². The van der Waals surface area contributed by atoms with Gasteiger partial charge < -0.3 is 4.90 Å². The van der Waals surface area contributed by atoms with Crippen molar-refractivity contribution in [1.29, 1.82) is 0 Å². The lowest BCUT2D eigenvalue weighted by Crippen LogP contribution is -2.57. The number of alkyl halides is 2. The summed E-state index contributed by atoms with van der Waals surface area (Å²) in [5, 5.41) is 2.50. The summed E-state index contributed by atoms with van der Waals surface area (Å²) >= 11 is 0. The molecular weight excluding hydrogens is 278 g/mol. The van der Waals surface area contributed by atoms with Crippen LogP contribution in [0.5, 0.6) is 0 Å². The standard InChI is InChI=1S/C11H18F2N2O3S/c1-10(2)7-15(3-4-19(10,17)18)9(16)8-5-11(12,13)6-14-8/h8,14H,3-7H2,1-2H3. The minimum atomic E-state index is -3.24. The Morgan fingerprint density at radius 2 is 2.00 bits per heavy atom. The van der Waals surface area contributed by atoms with Gasteiger partial charge in [0.25, 0.3) is 5.92 Å². The number of hydrogen-bond donors (Lipinski definition) is 1. The fraction of sp³-hybridized carbons (Fsp3) is 0.909. The highest BCUT2D eigenvalue weighted by Crippen LogP contribution is 2.28. The van der Waals surface area contributed by atoms with Crippen LogP contribution >= 0.6 is 0 Å². The van der Waals surface area contributed by atoms with Gasteiger partial charge in [-0.15, -0.1) is 0 Å². The van der Waals surface area contributed by atoms with Crippen LogP contribution < -0.4 is 5.32 Å². The lowest BCUT2D eigenvalue weighted by molar-refractivity contribution is -0.134. The molecule has 1 atom stereocenters. The summed E-state index contributed by atoms with van der Waals surface area (Å²) in [4.78, 5) is 13.5. The molecule has 0 aromatic carbocycles. The molecule has 1 amide bonds. The van der Waals surface area contributed by atoms with E-state index in [-0.39, 0.29) is 18.8 Å². The van der Waals surface area contributed by atoms with Gasteiger partial charge in [0.1, 0.15) is 0 Å². The summed E-state index contributed by atoms with van der Waals surface area (Å²) in [5.74, 6) is -3.41. The molecule has 0 aromatic heterocycles. The third kappa shape index (κ3) is 2.74. The number of amides is 1. The first-order valence-electron chi connectivity index (χ1n) is 6.16. The third-order valence-electron chi connectivity index (χ3n) is 3.76. The van der Waals surface area contributed by atoms with E-state index in [1.165, 1.54) is 4.90 Å². The van der Waals surface area contributed by atoms with Crippen molar-refractivity contribution in [3.63, 3.8) is 0 Å². The Hall–Kier alpha value is -0.760. The van der Waals surface area contributed by atoms with E-state index in [0.717, 1.165) is 0 Å². The van der Waals surface area contributed by atoms with E-state index in [4.69, 9.17) is 0 Å². The lowest BCUT2D eigenvalue weighted by Gasteiger charge is -2.38. The zero-order valence-electron chi connectivity index (χ0n) is 10.9. The Balaban J connectivity index is 2.07. The van der Waals surface area contributed by atoms with Gasteiger partial charge in [-0.25, -0.2) is 17.2 Å². The van der Waals surface area contributed by atoms with Gasteiger partial charge in [-0.3, -0.25) is 10.1 Å². The Morgan fingerprint density at radius 3 is 2.47 bits per heavy atom. The molecule has 5 nitrogen and oxygen atoms in total. The van der Waals surface area contributed by atoms with E-state index in [0.29, 0.717) is 0 Å². The monoisotopic (exact) mass is 296 g/mol. The lowest BCUT2D eigenvalue weighted by atomic mass is 10.1. The predicted octanol–water partition coefficient (Wildman–Crippen LogP) is 0.0192. The van der Waals surface area contributed by atoms with Crippen LogP contribution in [-0.2, 0) is 14.6 Å². The van der Waals surface area contributed by atoms with Crippen molar-refractivity contribution in [3.05, 3.63) is 0 Å². The number of hydrogen-bond acceptors (Lipinski definition) is 4. The smallest absolute Gasteiger partial charge is 0.262 e. The van der Waals surface area contributed by atoms with Crippen molar-refractivity contribution < 1.29 is 22.0 Å². The van der Waals surface area contributed by atoms with Crippen LogP contribution in [-0.4, -0.2) is 61.3 Å². The van der Waals surface area contributed by atoms with Crippen LogP contribution in [0, 0.1) is 0 Å². The van der Waals surface area contributed by atoms with Crippen molar-refractivity contribution in [2.75, 3.05) is 25.4 Å². The SMILES string of the molecule is CC1(C)CN(C(=O)C2CC(F)(F)CN2)CCS1(=O)=O. The first-order chi connectivity index (χ1) is 8.54. The van der Waals surface area contributed by atoms with Gasteiger partial charge in [0.05, 0.1) is 23.1 Å². The van der Waals surface area contributed by atoms with Gasteiger partial charge in [0, 0.05) is 19.5 Å². The molecule has 2 aliphatic rings. The molecule has 1 unspecified atom stereocenters. The quantitative estimate of drug-likeness (QED) is 0.741. The first kappa shape index (κ1) is 14.6. The molecule has 2 saturated heterocycles. The van der Waals surface area contributed by atoms with Crippen LogP contribution in [0.4, 0.5) is 8.78 Å². The maximum Gasteiger partial charge on any atom is 0.262 e. The molecule has 0 aromatic rings. The number of sulfone groups is 1. The van der Waals surface area contributed by atoms with E-state index in [1.54, 1.807) is 13.8 Å². The number of carbonyl (C=O) groups is 1. The minimum absolute atomic E-state index is 0.0535. The molecule has 0 saturated carbocycles. The van der Waals surface area contributed by atoms with Gasteiger partial charge in [-0.1, -0.05) is 0 Å². The summed E-state index contributed by atoms with van der Waals surface area (Å²) < 4.78 is 48.8. The normalized spacial score (nSPS) is 32.2. The highest BCUT2D eigenvalue weighted by Gasteiger charge is 2.47. The van der Waals surface area contributed by atoms with Gasteiger partial charge in [0.2, 0.25) is 5.91 Å². The molecule has 2 aliphatic heterocycles. The van der Waals surface area contributed by atoms with Crippen LogP contribution in [0.25, 0.3) is 0 Å². The highest BCUT2D eigenvalue weighted by atomic mass is 32.2. The summed E-state index contributed by atoms with van der Waals surface area (Å²) in [5.41, 5.74) is 0. The molecule has 2 heterocycles. The van der Waals surface area contributed by atoms with E-state index in [9.17, 15) is 22.0 Å². The van der Waals surface area contributed by atoms with Crippen molar-refractivity contribution in [2.24, 2.45) is 0 Å². The second-order valence-corrected chi connectivity index (χ2v) is 8.57. The van der Waals surface area contributed by atoms with Crippen molar-refractivity contribution in [2.45, 2.75) is 37.0 Å². The zero-order chi connectivity index (χ0) is 14.5. The van der Waals surface area contributed by atoms with E-state index < -0.39 is 45.4 Å². The Bertz CT molecular complexity index is 490. The van der Waals surface area contributed by atoms with Crippen LogP contribution in [0.3, 0.4) is 0 Å². The molecule has 19 heavy (non-hydrogen) atoms. The average molecular weight is 296 g/mol. The number of rotatable bonds is 1. The molecule has 2 rings (SSSR count). The van der Waals surface area contributed by atoms with E-state index in [2.05, 4.69) is 5.32 Å². The first-order valence-corrected chi connectivity index (χ1v) is 7.82. The number of carbonyl (C=O) groups excluding carboxylic acids is 1. The van der Waals surface area contributed by atoms with Gasteiger partial charge in [-0.2, -0.15) is 0 Å². The second-order valence-electron chi connectivity index (χ2n) is 5.83. The number of nitrogens with zero attached hydrogens (tertiary/aromatic N) is 1. The van der Waals surface area contributed by atoms with Crippen LogP contribution in [0.1, 0.15) is 20.3 Å². The maximum atomic E-state index is 13.1. The summed E-state index contributed by atoms with van der Waals surface area (Å²) in [6.45, 7) is 2.74. The molecule has 0 bridgehead atoms. The summed E-state index contributed by atoms with van der Waals surface area (Å²) in [7, 11) is -3.24. The second kappa shape index (κ2) is 4.37. The van der Waals surface area contributed by atoms with Gasteiger partial charge >= 0.3 is 0 Å². The third-order valence-corrected chi connectivity index (χ3v) is 6.30. The van der Waals surface area contributed by atoms with Crippen LogP contribution in [0.15, 0.2) is 0 Å². The Morgan fingerprint density at radius 1 is 1.37 bits per heavy atom. The predicted molar refractivity (Wildman–Crippen MR) is 65.8 cm³/mol. The van der Waals surface area contributed by atoms with E-state index >= 15 is 0 Å². The topological polar surface area (TPSA) is 66.5 Å². The molecule has 0 radical (unpaired) electrons. The van der Waals surface area contributed by atoms with Crippen molar-refractivity contribution >= 4 is 15.7 Å². The minimum Gasteiger partial charge on any atom is -0.339 e. The fourth-order valence-electron chi connectivity index (χ4n) is 2.44. The molecule has 0 spiro atoms. The fourth-order valence-corrected chi connectivity index (χ4v) is 3.81. The molecular formula is C11H18F2N2O3S. The van der Waals surface area contributed by atoms with Gasteiger partial charge in [-0.05, 0) is 13.8 Å². The zero-order valence-corrected chi connectivity index (χ0v) is 11.8. The average Bonchev–Trinajstić information content (AvgIpc) is 2.62. The molecule has 2 fully saturated rings. The summed E-state index contributed by atoms with van der Waals surface area (Å²) in [6, 6.07) is -0.911. The highest BCUT2D eigenvalue weighted by molar-refractivity contribution is 7.92. The number of halogens is 2. The molecule has 0 aliphatic carbocycles. The number of nitrogens with one attached hydrogen (secondary N) is 1. The Labute approximate surface area is 111 Å². The molecule has 110 valence electrons. The summed E-state index contributed by atoms with van der Waals surface area (Å²) in [6.07, 6.45) is -0.518. The maximum absolute atomic E-state index is 13.1. The molecule has 1 N–H and O–H groups in total. The largest absolute Gasteiger partial charge is 0.339 e. The van der Waals surface area contributed by atoms with Crippen molar-refractivity contribution in [3.8, 4) is 0 Å². The molecule has 8 heteroatoms. The Kier molecular flexibility index (Phi) is 3.37.